The molecule has 98 valence electrons. The Balaban J connectivity index is 1.79. The number of carbonyl (C=O) groups is 2. The first-order valence-electron chi connectivity index (χ1n) is 6.00. The third kappa shape index (κ3) is 2.02. The van der Waals surface area contributed by atoms with Gasteiger partial charge in [-0.1, -0.05) is 30.4 Å². The van der Waals surface area contributed by atoms with Crippen LogP contribution >= 0.6 is 0 Å². The molecule has 5 heteroatoms. The lowest BCUT2D eigenvalue weighted by molar-refractivity contribution is -0.151. The minimum atomic E-state index is -1.04. The quantitative estimate of drug-likeness (QED) is 0.503. The first-order chi connectivity index (χ1) is 9.16. The number of rotatable bonds is 3. The smallest absolute Gasteiger partial charge is 0.318 e. The molecule has 5 nitrogen and oxygen atoms in total. The summed E-state index contributed by atoms with van der Waals surface area (Å²) in [7, 11) is 0. The fourth-order valence-electron chi connectivity index (χ4n) is 2.56. The largest absolute Gasteiger partial charge is 0.481 e. The van der Waals surface area contributed by atoms with Gasteiger partial charge in [0.05, 0.1) is 12.2 Å². The van der Waals surface area contributed by atoms with Crippen LogP contribution in [0.1, 0.15) is 0 Å². The molecule has 1 N–H and O–H groups in total. The van der Waals surface area contributed by atoms with Gasteiger partial charge in [-0.25, -0.2) is 0 Å². The first-order valence-corrected chi connectivity index (χ1v) is 6.00. The molecule has 19 heavy (non-hydrogen) atoms. The molecule has 0 radical (unpaired) electrons. The summed E-state index contributed by atoms with van der Waals surface area (Å²) in [5, 5.41) is 9.20. The zero-order valence-electron chi connectivity index (χ0n) is 9.93. The van der Waals surface area contributed by atoms with Crippen molar-refractivity contribution >= 4 is 11.9 Å². The number of benzene rings is 1. The highest BCUT2D eigenvalue weighted by Crippen LogP contribution is 2.40. The molecule has 0 unspecified atom stereocenters. The van der Waals surface area contributed by atoms with Crippen molar-refractivity contribution in [3.63, 3.8) is 0 Å². The van der Waals surface area contributed by atoms with E-state index in [4.69, 9.17) is 9.47 Å². The third-order valence-electron chi connectivity index (χ3n) is 3.42. The van der Waals surface area contributed by atoms with Gasteiger partial charge >= 0.3 is 11.9 Å². The summed E-state index contributed by atoms with van der Waals surface area (Å²) >= 11 is 0. The van der Waals surface area contributed by atoms with Gasteiger partial charge in [-0.15, -0.1) is 0 Å². The van der Waals surface area contributed by atoms with E-state index in [2.05, 4.69) is 0 Å². The topological polar surface area (TPSA) is 72.8 Å². The second kappa shape index (κ2) is 4.51. The summed E-state index contributed by atoms with van der Waals surface area (Å²) in [6.07, 6.45) is 2.38. The van der Waals surface area contributed by atoms with Crippen LogP contribution in [0.4, 0.5) is 0 Å². The standard InChI is InChI=1S/C14H12O5/c15-13(16)11-9-6-7-10(19-9)12(11)14(17)18-8-4-2-1-3-5-8/h1-7,9-12H,(H,15,16)/t9-,10+,11+,12-/m0/s1. The average Bonchev–Trinajstić information content (AvgIpc) is 2.99. The lowest BCUT2D eigenvalue weighted by Crippen LogP contribution is -2.38. The normalized spacial score (nSPS) is 31.4. The maximum absolute atomic E-state index is 12.1. The Labute approximate surface area is 109 Å². The predicted octanol–water partition coefficient (Wildman–Crippen LogP) is 1.25. The monoisotopic (exact) mass is 260 g/mol. The summed E-state index contributed by atoms with van der Waals surface area (Å²) < 4.78 is 10.6. The van der Waals surface area contributed by atoms with Gasteiger partial charge in [0.1, 0.15) is 17.6 Å². The van der Waals surface area contributed by atoms with E-state index in [0.29, 0.717) is 5.75 Å². The van der Waals surface area contributed by atoms with E-state index in [0.717, 1.165) is 0 Å². The van der Waals surface area contributed by atoms with Crippen molar-refractivity contribution < 1.29 is 24.2 Å². The number of carbonyl (C=O) groups excluding carboxylic acids is 1. The van der Waals surface area contributed by atoms with Gasteiger partial charge in [-0.3, -0.25) is 9.59 Å². The summed E-state index contributed by atoms with van der Waals surface area (Å²) in [5.41, 5.74) is 0. The number of para-hydroxylation sites is 1. The molecule has 0 amide bonds. The summed E-state index contributed by atoms with van der Waals surface area (Å²) in [6, 6.07) is 8.60. The van der Waals surface area contributed by atoms with Crippen LogP contribution < -0.4 is 4.74 Å². The van der Waals surface area contributed by atoms with Gasteiger partial charge < -0.3 is 14.6 Å². The van der Waals surface area contributed by atoms with Gasteiger partial charge in [-0.2, -0.15) is 0 Å². The summed E-state index contributed by atoms with van der Waals surface area (Å²) in [5.74, 6) is -2.84. The fourth-order valence-corrected chi connectivity index (χ4v) is 2.56. The molecule has 1 saturated heterocycles. The second-order valence-electron chi connectivity index (χ2n) is 4.57. The molecule has 3 rings (SSSR count). The zero-order chi connectivity index (χ0) is 13.4. The summed E-state index contributed by atoms with van der Waals surface area (Å²) in [4.78, 5) is 23.4. The van der Waals surface area contributed by atoms with E-state index in [1.165, 1.54) is 0 Å². The van der Waals surface area contributed by atoms with Crippen LogP contribution in [0.3, 0.4) is 0 Å². The molecule has 1 aromatic rings. The van der Waals surface area contributed by atoms with Gasteiger partial charge in [0.15, 0.2) is 0 Å². The molecule has 2 heterocycles. The number of esters is 1. The predicted molar refractivity (Wildman–Crippen MR) is 64.5 cm³/mol. The highest BCUT2D eigenvalue weighted by Gasteiger charge is 2.54. The molecule has 2 aliphatic rings. The third-order valence-corrected chi connectivity index (χ3v) is 3.42. The van der Waals surface area contributed by atoms with Crippen LogP contribution in [0.25, 0.3) is 0 Å². The van der Waals surface area contributed by atoms with Crippen molar-refractivity contribution in [3.8, 4) is 5.75 Å². The van der Waals surface area contributed by atoms with E-state index >= 15 is 0 Å². The first kappa shape index (κ1) is 11.9. The van der Waals surface area contributed by atoms with Crippen molar-refractivity contribution in [2.75, 3.05) is 0 Å². The Hall–Kier alpha value is -2.14. The molecule has 0 aliphatic carbocycles. The van der Waals surface area contributed by atoms with Crippen molar-refractivity contribution in [2.45, 2.75) is 12.2 Å². The number of hydrogen-bond acceptors (Lipinski definition) is 4. The molecular weight excluding hydrogens is 248 g/mol. The van der Waals surface area contributed by atoms with E-state index < -0.39 is 36.0 Å². The van der Waals surface area contributed by atoms with Gasteiger partial charge in [-0.05, 0) is 12.1 Å². The van der Waals surface area contributed by atoms with Crippen molar-refractivity contribution in [3.05, 3.63) is 42.5 Å². The Morgan fingerprint density at radius 3 is 2.32 bits per heavy atom. The van der Waals surface area contributed by atoms with Gasteiger partial charge in [0, 0.05) is 0 Å². The minimum Gasteiger partial charge on any atom is -0.481 e. The minimum absolute atomic E-state index is 0.406. The van der Waals surface area contributed by atoms with E-state index in [-0.39, 0.29) is 0 Å². The van der Waals surface area contributed by atoms with Gasteiger partial charge in [0.2, 0.25) is 0 Å². The second-order valence-corrected chi connectivity index (χ2v) is 4.57. The number of fused-ring (bicyclic) bond motifs is 2. The van der Waals surface area contributed by atoms with Crippen molar-refractivity contribution in [1.29, 1.82) is 0 Å². The van der Waals surface area contributed by atoms with Crippen LogP contribution in [-0.4, -0.2) is 29.3 Å². The molecule has 4 atom stereocenters. The van der Waals surface area contributed by atoms with Crippen LogP contribution in [-0.2, 0) is 14.3 Å². The molecule has 2 bridgehead atoms. The average molecular weight is 260 g/mol. The Morgan fingerprint density at radius 2 is 1.68 bits per heavy atom. The molecule has 0 saturated carbocycles. The zero-order valence-corrected chi connectivity index (χ0v) is 9.93. The molecule has 0 spiro atoms. The van der Waals surface area contributed by atoms with Gasteiger partial charge in [0.25, 0.3) is 0 Å². The Bertz CT molecular complexity index is 536. The SMILES string of the molecule is O=C(Oc1ccccc1)[C@@H]1[C@H](C(=O)O)[C@@H]2C=C[C@H]1O2. The highest BCUT2D eigenvalue weighted by molar-refractivity contribution is 5.85. The number of carboxylic acids is 1. The summed E-state index contributed by atoms with van der Waals surface area (Å²) in [6.45, 7) is 0. The van der Waals surface area contributed by atoms with Crippen molar-refractivity contribution in [2.24, 2.45) is 11.8 Å². The number of ether oxygens (including phenoxy) is 2. The highest BCUT2D eigenvalue weighted by atomic mass is 16.5. The van der Waals surface area contributed by atoms with E-state index in [1.807, 2.05) is 0 Å². The molecule has 1 fully saturated rings. The lowest BCUT2D eigenvalue weighted by atomic mass is 9.83. The number of hydrogen-bond donors (Lipinski definition) is 1. The maximum Gasteiger partial charge on any atom is 0.318 e. The molecule has 1 aromatic carbocycles. The Morgan fingerprint density at radius 1 is 1.05 bits per heavy atom. The number of carboxylic acid groups (broad SMARTS) is 1. The van der Waals surface area contributed by atoms with Crippen LogP contribution in [0.2, 0.25) is 0 Å². The number of aliphatic carboxylic acids is 1. The van der Waals surface area contributed by atoms with Crippen molar-refractivity contribution in [1.82, 2.24) is 0 Å². The van der Waals surface area contributed by atoms with Crippen LogP contribution in [0, 0.1) is 11.8 Å². The lowest BCUT2D eigenvalue weighted by Gasteiger charge is -2.19. The Kier molecular flexibility index (Phi) is 2.83. The maximum atomic E-state index is 12.1. The van der Waals surface area contributed by atoms with E-state index in [1.54, 1.807) is 42.5 Å². The van der Waals surface area contributed by atoms with E-state index in [9.17, 15) is 14.7 Å². The van der Waals surface area contributed by atoms with Crippen LogP contribution in [0.5, 0.6) is 5.75 Å². The molecule has 0 aromatic heterocycles. The van der Waals surface area contributed by atoms with Crippen LogP contribution in [0.15, 0.2) is 42.5 Å². The molecular formula is C14H12O5. The fraction of sp³-hybridized carbons (Fsp3) is 0.286. The molecule has 2 aliphatic heterocycles.